The fourth-order valence-corrected chi connectivity index (χ4v) is 2.68. The molecule has 0 bridgehead atoms. The Hall–Kier alpha value is -1.39. The molecule has 0 saturated carbocycles. The maximum absolute atomic E-state index is 11.5. The molecule has 0 spiro atoms. The summed E-state index contributed by atoms with van der Waals surface area (Å²) in [4.78, 5) is 11.5. The molecule has 0 unspecified atom stereocenters. The van der Waals surface area contributed by atoms with Crippen molar-refractivity contribution in [1.29, 1.82) is 0 Å². The maximum Gasteiger partial charge on any atom is 0.305 e. The third kappa shape index (κ3) is 4.05. The van der Waals surface area contributed by atoms with Crippen LogP contribution in [0.1, 0.15) is 24.8 Å². The lowest BCUT2D eigenvalue weighted by molar-refractivity contribution is -0.142. The van der Waals surface area contributed by atoms with E-state index in [1.165, 1.54) is 12.7 Å². The molecule has 2 rings (SSSR count). The lowest BCUT2D eigenvalue weighted by Crippen LogP contribution is -2.20. The number of aryl methyl sites for hydroxylation is 1. The van der Waals surface area contributed by atoms with E-state index >= 15 is 0 Å². The van der Waals surface area contributed by atoms with Gasteiger partial charge < -0.3 is 14.2 Å². The van der Waals surface area contributed by atoms with Crippen LogP contribution in [0.15, 0.2) is 30.3 Å². The van der Waals surface area contributed by atoms with Crippen LogP contribution in [0, 0.1) is 5.92 Å². The van der Waals surface area contributed by atoms with Crippen LogP contribution >= 0.6 is 0 Å². The van der Waals surface area contributed by atoms with Crippen LogP contribution in [0.4, 0.5) is 0 Å². The smallest absolute Gasteiger partial charge is 0.305 e. The van der Waals surface area contributed by atoms with Crippen LogP contribution in [0.3, 0.4) is 0 Å². The first kappa shape index (κ1) is 15.0. The minimum absolute atomic E-state index is 0.0549. The molecule has 20 heavy (non-hydrogen) atoms. The largest absolute Gasteiger partial charge is 0.469 e. The van der Waals surface area contributed by atoms with Crippen molar-refractivity contribution in [3.8, 4) is 0 Å². The first-order chi connectivity index (χ1) is 9.72. The van der Waals surface area contributed by atoms with Gasteiger partial charge in [0.25, 0.3) is 0 Å². The van der Waals surface area contributed by atoms with Crippen molar-refractivity contribution in [2.75, 3.05) is 14.2 Å². The lowest BCUT2D eigenvalue weighted by Gasteiger charge is -2.17. The molecule has 1 heterocycles. The average molecular weight is 278 g/mol. The van der Waals surface area contributed by atoms with Crippen LogP contribution in [0.2, 0.25) is 0 Å². The Morgan fingerprint density at radius 3 is 2.70 bits per heavy atom. The summed E-state index contributed by atoms with van der Waals surface area (Å²) in [6.45, 7) is 0. The number of hydrogen-bond acceptors (Lipinski definition) is 4. The number of ether oxygens (including phenoxy) is 3. The van der Waals surface area contributed by atoms with Gasteiger partial charge in [0.05, 0.1) is 19.6 Å². The Balaban J connectivity index is 1.91. The molecule has 3 atom stereocenters. The van der Waals surface area contributed by atoms with Gasteiger partial charge in [-0.25, -0.2) is 0 Å². The normalized spacial score (nSPS) is 25.6. The van der Waals surface area contributed by atoms with E-state index < -0.39 is 0 Å². The highest BCUT2D eigenvalue weighted by Gasteiger charge is 2.36. The Bertz CT molecular complexity index is 418. The van der Waals surface area contributed by atoms with Gasteiger partial charge in [0.15, 0.2) is 6.29 Å². The van der Waals surface area contributed by atoms with Gasteiger partial charge in [-0.1, -0.05) is 30.3 Å². The van der Waals surface area contributed by atoms with E-state index in [1.54, 1.807) is 7.11 Å². The predicted octanol–water partition coefficient (Wildman–Crippen LogP) is 2.56. The van der Waals surface area contributed by atoms with Crippen molar-refractivity contribution < 1.29 is 19.0 Å². The fourth-order valence-electron chi connectivity index (χ4n) is 2.68. The highest BCUT2D eigenvalue weighted by atomic mass is 16.7. The number of carbonyl (C=O) groups excluding carboxylic acids is 1. The zero-order chi connectivity index (χ0) is 14.4. The lowest BCUT2D eigenvalue weighted by atomic mass is 9.93. The minimum Gasteiger partial charge on any atom is -0.469 e. The zero-order valence-electron chi connectivity index (χ0n) is 12.1. The molecule has 0 aliphatic carbocycles. The third-order valence-corrected chi connectivity index (χ3v) is 3.83. The van der Waals surface area contributed by atoms with E-state index in [1.807, 2.05) is 18.2 Å². The quantitative estimate of drug-likeness (QED) is 0.750. The molecule has 1 aliphatic heterocycles. The van der Waals surface area contributed by atoms with E-state index in [-0.39, 0.29) is 24.3 Å². The van der Waals surface area contributed by atoms with Crippen LogP contribution in [0.25, 0.3) is 0 Å². The van der Waals surface area contributed by atoms with Crippen LogP contribution in [0.5, 0.6) is 0 Å². The molecule has 4 heteroatoms. The number of esters is 1. The SMILES string of the molecule is COC(=O)C[C@H]1C[C@@H](OC)O[C@H]1CCc1ccccc1. The van der Waals surface area contributed by atoms with Crippen molar-refractivity contribution in [3.63, 3.8) is 0 Å². The highest BCUT2D eigenvalue weighted by Crippen LogP contribution is 2.32. The summed E-state index contributed by atoms with van der Waals surface area (Å²) in [6.07, 6.45) is 2.84. The molecule has 0 aromatic heterocycles. The summed E-state index contributed by atoms with van der Waals surface area (Å²) >= 11 is 0. The van der Waals surface area contributed by atoms with Crippen molar-refractivity contribution in [2.24, 2.45) is 5.92 Å². The summed E-state index contributed by atoms with van der Waals surface area (Å²) in [5.41, 5.74) is 1.29. The van der Waals surface area contributed by atoms with Gasteiger partial charge in [-0.3, -0.25) is 4.79 Å². The van der Waals surface area contributed by atoms with Gasteiger partial charge in [0, 0.05) is 19.4 Å². The second-order valence-electron chi connectivity index (χ2n) is 5.14. The summed E-state index contributed by atoms with van der Waals surface area (Å²) in [6, 6.07) is 10.3. The molecule has 4 nitrogen and oxygen atoms in total. The van der Waals surface area contributed by atoms with Crippen LogP contribution < -0.4 is 0 Å². The molecule has 0 amide bonds. The number of rotatable bonds is 6. The second-order valence-corrected chi connectivity index (χ2v) is 5.14. The molecular formula is C16H22O4. The van der Waals surface area contributed by atoms with Crippen LogP contribution in [-0.4, -0.2) is 32.6 Å². The molecule has 1 aromatic carbocycles. The Labute approximate surface area is 120 Å². The molecule has 1 aliphatic rings. The monoisotopic (exact) mass is 278 g/mol. The zero-order valence-corrected chi connectivity index (χ0v) is 12.1. The molecule has 0 N–H and O–H groups in total. The van der Waals surface area contributed by atoms with Gasteiger partial charge in [-0.2, -0.15) is 0 Å². The summed E-state index contributed by atoms with van der Waals surface area (Å²) in [7, 11) is 3.06. The first-order valence-electron chi connectivity index (χ1n) is 7.02. The first-order valence-corrected chi connectivity index (χ1v) is 7.02. The molecule has 1 fully saturated rings. The van der Waals surface area contributed by atoms with E-state index in [0.717, 1.165) is 19.3 Å². The molecule has 0 radical (unpaired) electrons. The van der Waals surface area contributed by atoms with Crippen molar-refractivity contribution in [3.05, 3.63) is 35.9 Å². The molecule has 1 saturated heterocycles. The average Bonchev–Trinajstić information content (AvgIpc) is 2.88. The number of methoxy groups -OCH3 is 2. The number of hydrogen-bond donors (Lipinski definition) is 0. The Morgan fingerprint density at radius 2 is 2.05 bits per heavy atom. The summed E-state index contributed by atoms with van der Waals surface area (Å²) in [5, 5.41) is 0. The van der Waals surface area contributed by atoms with E-state index in [4.69, 9.17) is 14.2 Å². The number of benzene rings is 1. The van der Waals surface area contributed by atoms with E-state index in [2.05, 4.69) is 12.1 Å². The van der Waals surface area contributed by atoms with Gasteiger partial charge in [0.1, 0.15) is 0 Å². The predicted molar refractivity (Wildman–Crippen MR) is 75.2 cm³/mol. The highest BCUT2D eigenvalue weighted by molar-refractivity contribution is 5.69. The van der Waals surface area contributed by atoms with Gasteiger partial charge in [-0.15, -0.1) is 0 Å². The van der Waals surface area contributed by atoms with Crippen LogP contribution in [-0.2, 0) is 25.4 Å². The standard InChI is InChI=1S/C16H22O4/c1-18-15(17)10-13-11-16(19-2)20-14(13)9-8-12-6-4-3-5-7-12/h3-7,13-14,16H,8-11H2,1-2H3/t13-,14-,16-/m0/s1. The summed E-state index contributed by atoms with van der Waals surface area (Å²) in [5.74, 6) is -0.00354. The van der Waals surface area contributed by atoms with E-state index in [0.29, 0.717) is 6.42 Å². The van der Waals surface area contributed by atoms with Crippen molar-refractivity contribution >= 4 is 5.97 Å². The molecular weight excluding hydrogens is 256 g/mol. The minimum atomic E-state index is -0.203. The Morgan fingerprint density at radius 1 is 1.30 bits per heavy atom. The van der Waals surface area contributed by atoms with Gasteiger partial charge in [-0.05, 0) is 18.4 Å². The molecule has 1 aromatic rings. The Kier molecular flexibility index (Phi) is 5.56. The topological polar surface area (TPSA) is 44.8 Å². The third-order valence-electron chi connectivity index (χ3n) is 3.83. The van der Waals surface area contributed by atoms with E-state index in [9.17, 15) is 4.79 Å². The number of carbonyl (C=O) groups is 1. The maximum atomic E-state index is 11.5. The van der Waals surface area contributed by atoms with Gasteiger partial charge >= 0.3 is 5.97 Å². The molecule has 110 valence electrons. The summed E-state index contributed by atoms with van der Waals surface area (Å²) < 4.78 is 15.9. The van der Waals surface area contributed by atoms with Gasteiger partial charge in [0.2, 0.25) is 0 Å². The fraction of sp³-hybridized carbons (Fsp3) is 0.562. The van der Waals surface area contributed by atoms with Crippen molar-refractivity contribution in [2.45, 2.75) is 38.1 Å². The second kappa shape index (κ2) is 7.41. The van der Waals surface area contributed by atoms with Crippen molar-refractivity contribution in [1.82, 2.24) is 0 Å².